The fraction of sp³-hybridized carbons (Fsp3) is 0.455. The van der Waals surface area contributed by atoms with Gasteiger partial charge in [0.05, 0.1) is 6.20 Å². The lowest BCUT2D eigenvalue weighted by Gasteiger charge is -2.20. The van der Waals surface area contributed by atoms with Gasteiger partial charge in [-0.2, -0.15) is 0 Å². The zero-order valence-electron chi connectivity index (χ0n) is 8.83. The molecule has 2 aromatic heterocycles. The van der Waals surface area contributed by atoms with Gasteiger partial charge in [0.2, 0.25) is 0 Å². The third-order valence-corrected chi connectivity index (χ3v) is 3.05. The summed E-state index contributed by atoms with van der Waals surface area (Å²) in [4.78, 5) is 11.6. The number of nitrogens with zero attached hydrogens (tertiary/aromatic N) is 2. The molecule has 0 unspecified atom stereocenters. The third-order valence-electron chi connectivity index (χ3n) is 3.05. The topological polar surface area (TPSA) is 53.6 Å². The Morgan fingerprint density at radius 1 is 1.31 bits per heavy atom. The second kappa shape index (κ2) is 3.83. The molecule has 0 spiro atoms. The third kappa shape index (κ3) is 1.67. The largest absolute Gasteiger partial charge is 0.326 e. The minimum Gasteiger partial charge on any atom is -0.326 e. The van der Waals surface area contributed by atoms with Crippen molar-refractivity contribution in [3.05, 3.63) is 23.9 Å². The van der Waals surface area contributed by atoms with Gasteiger partial charge in [-0.05, 0) is 25.9 Å². The molecule has 2 aromatic rings. The highest BCUT2D eigenvalue weighted by Gasteiger charge is 2.18. The molecule has 5 heteroatoms. The van der Waals surface area contributed by atoms with Crippen molar-refractivity contribution >= 4 is 11.2 Å². The van der Waals surface area contributed by atoms with Crippen molar-refractivity contribution in [3.8, 4) is 0 Å². The Balaban J connectivity index is 1.97. The van der Waals surface area contributed by atoms with E-state index in [1.807, 2.05) is 0 Å². The van der Waals surface area contributed by atoms with E-state index < -0.39 is 0 Å². The lowest BCUT2D eigenvalue weighted by Crippen LogP contribution is -2.27. The van der Waals surface area contributed by atoms with Gasteiger partial charge in [-0.15, -0.1) is 0 Å². The molecule has 0 aromatic carbocycles. The molecule has 0 amide bonds. The van der Waals surface area contributed by atoms with Gasteiger partial charge in [-0.3, -0.25) is 0 Å². The normalized spacial score (nSPS) is 18.1. The molecule has 84 valence electrons. The number of fused-ring (bicyclic) bond motifs is 1. The van der Waals surface area contributed by atoms with E-state index in [1.54, 1.807) is 0 Å². The molecule has 0 saturated carbocycles. The van der Waals surface area contributed by atoms with E-state index in [2.05, 4.69) is 20.3 Å². The number of piperidine rings is 1. The van der Waals surface area contributed by atoms with Crippen LogP contribution in [0.25, 0.3) is 11.2 Å². The van der Waals surface area contributed by atoms with Crippen molar-refractivity contribution in [1.82, 2.24) is 20.3 Å². The standard InChI is InChI=1S/C11H13FN4/c12-8-5-9-11(14-6-8)16-10(15-9)7-1-3-13-4-2-7/h5-7,13H,1-4H2,(H,14,15,16). The van der Waals surface area contributed by atoms with Crippen LogP contribution in [0, 0.1) is 5.82 Å². The summed E-state index contributed by atoms with van der Waals surface area (Å²) in [5, 5.41) is 3.31. The molecule has 1 fully saturated rings. The first-order valence-corrected chi connectivity index (χ1v) is 5.55. The summed E-state index contributed by atoms with van der Waals surface area (Å²) < 4.78 is 13.0. The Bertz CT molecular complexity index is 502. The smallest absolute Gasteiger partial charge is 0.157 e. The van der Waals surface area contributed by atoms with Crippen LogP contribution < -0.4 is 5.32 Å². The number of aromatic amines is 1. The predicted octanol–water partition coefficient (Wildman–Crippen LogP) is 1.56. The Morgan fingerprint density at radius 3 is 2.94 bits per heavy atom. The number of hydrogen-bond donors (Lipinski definition) is 2. The van der Waals surface area contributed by atoms with E-state index in [0.717, 1.165) is 31.8 Å². The zero-order chi connectivity index (χ0) is 11.0. The van der Waals surface area contributed by atoms with E-state index in [4.69, 9.17) is 0 Å². The molecular weight excluding hydrogens is 207 g/mol. The molecule has 16 heavy (non-hydrogen) atoms. The number of halogens is 1. The summed E-state index contributed by atoms with van der Waals surface area (Å²) >= 11 is 0. The van der Waals surface area contributed by atoms with Crippen molar-refractivity contribution in [2.75, 3.05) is 13.1 Å². The van der Waals surface area contributed by atoms with Crippen molar-refractivity contribution in [1.29, 1.82) is 0 Å². The van der Waals surface area contributed by atoms with E-state index in [-0.39, 0.29) is 5.82 Å². The number of H-pyrrole nitrogens is 1. The molecule has 3 heterocycles. The minimum atomic E-state index is -0.337. The fourth-order valence-corrected chi connectivity index (χ4v) is 2.18. The van der Waals surface area contributed by atoms with Crippen LogP contribution in [0.15, 0.2) is 12.3 Å². The first kappa shape index (κ1) is 9.72. The number of hydrogen-bond acceptors (Lipinski definition) is 3. The molecule has 4 nitrogen and oxygen atoms in total. The fourth-order valence-electron chi connectivity index (χ4n) is 2.18. The predicted molar refractivity (Wildman–Crippen MR) is 58.7 cm³/mol. The number of nitrogens with one attached hydrogen (secondary N) is 2. The van der Waals surface area contributed by atoms with Gasteiger partial charge in [0.25, 0.3) is 0 Å². The molecule has 0 bridgehead atoms. The monoisotopic (exact) mass is 220 g/mol. The first-order chi connectivity index (χ1) is 7.83. The van der Waals surface area contributed by atoms with E-state index >= 15 is 0 Å². The van der Waals surface area contributed by atoms with Crippen LogP contribution in [0.5, 0.6) is 0 Å². The maximum absolute atomic E-state index is 13.0. The van der Waals surface area contributed by atoms with Gasteiger partial charge >= 0.3 is 0 Å². The SMILES string of the molecule is Fc1cnc2[nH]c(C3CCNCC3)nc2c1. The van der Waals surface area contributed by atoms with Gasteiger partial charge in [0.1, 0.15) is 17.2 Å². The van der Waals surface area contributed by atoms with Crippen LogP contribution in [0.3, 0.4) is 0 Å². The molecule has 1 saturated heterocycles. The lowest BCUT2D eigenvalue weighted by molar-refractivity contribution is 0.448. The Labute approximate surface area is 92.3 Å². The highest BCUT2D eigenvalue weighted by atomic mass is 19.1. The number of pyridine rings is 1. The van der Waals surface area contributed by atoms with Crippen LogP contribution in [-0.4, -0.2) is 28.0 Å². The highest BCUT2D eigenvalue weighted by molar-refractivity contribution is 5.70. The number of rotatable bonds is 1. The van der Waals surface area contributed by atoms with Crippen LogP contribution >= 0.6 is 0 Å². The first-order valence-electron chi connectivity index (χ1n) is 5.55. The average Bonchev–Trinajstić information content (AvgIpc) is 2.73. The molecule has 3 rings (SSSR count). The van der Waals surface area contributed by atoms with Crippen LogP contribution in [0.1, 0.15) is 24.6 Å². The van der Waals surface area contributed by atoms with E-state index in [0.29, 0.717) is 17.1 Å². The van der Waals surface area contributed by atoms with Crippen molar-refractivity contribution < 1.29 is 4.39 Å². The molecule has 0 atom stereocenters. The number of aromatic nitrogens is 3. The summed E-state index contributed by atoms with van der Waals surface area (Å²) in [6.07, 6.45) is 3.36. The quantitative estimate of drug-likeness (QED) is 0.767. The van der Waals surface area contributed by atoms with Crippen molar-refractivity contribution in [3.63, 3.8) is 0 Å². The summed E-state index contributed by atoms with van der Waals surface area (Å²) in [6, 6.07) is 1.42. The lowest BCUT2D eigenvalue weighted by atomic mass is 9.98. The van der Waals surface area contributed by atoms with Gasteiger partial charge in [-0.1, -0.05) is 0 Å². The van der Waals surface area contributed by atoms with Crippen molar-refractivity contribution in [2.24, 2.45) is 0 Å². The molecule has 1 aliphatic heterocycles. The van der Waals surface area contributed by atoms with Gasteiger partial charge in [-0.25, -0.2) is 14.4 Å². The van der Waals surface area contributed by atoms with Gasteiger partial charge in [0.15, 0.2) is 5.65 Å². The van der Waals surface area contributed by atoms with Crippen LogP contribution in [0.4, 0.5) is 4.39 Å². The molecular formula is C11H13FN4. The van der Waals surface area contributed by atoms with Gasteiger partial charge in [0, 0.05) is 12.0 Å². The summed E-state index contributed by atoms with van der Waals surface area (Å²) in [5.41, 5.74) is 1.29. The Hall–Kier alpha value is -1.49. The zero-order valence-corrected chi connectivity index (χ0v) is 8.83. The van der Waals surface area contributed by atoms with Crippen molar-refractivity contribution in [2.45, 2.75) is 18.8 Å². The summed E-state index contributed by atoms with van der Waals surface area (Å²) in [7, 11) is 0. The molecule has 1 aliphatic rings. The summed E-state index contributed by atoms with van der Waals surface area (Å²) in [5.74, 6) is 1.05. The van der Waals surface area contributed by atoms with E-state index in [9.17, 15) is 4.39 Å². The molecule has 0 aliphatic carbocycles. The van der Waals surface area contributed by atoms with Gasteiger partial charge < -0.3 is 10.3 Å². The molecule has 0 radical (unpaired) electrons. The second-order valence-electron chi connectivity index (χ2n) is 4.17. The number of imidazole rings is 1. The maximum Gasteiger partial charge on any atom is 0.157 e. The summed E-state index contributed by atoms with van der Waals surface area (Å²) in [6.45, 7) is 2.03. The average molecular weight is 220 g/mol. The highest BCUT2D eigenvalue weighted by Crippen LogP contribution is 2.24. The maximum atomic E-state index is 13.0. The second-order valence-corrected chi connectivity index (χ2v) is 4.17. The Kier molecular flexibility index (Phi) is 2.32. The van der Waals surface area contributed by atoms with Crippen LogP contribution in [0.2, 0.25) is 0 Å². The van der Waals surface area contributed by atoms with Crippen LogP contribution in [-0.2, 0) is 0 Å². The molecule has 2 N–H and O–H groups in total. The minimum absolute atomic E-state index is 0.337. The Morgan fingerprint density at radius 2 is 2.12 bits per heavy atom. The van der Waals surface area contributed by atoms with E-state index in [1.165, 1.54) is 12.3 Å².